The number of hydrogen-bond donors (Lipinski definition) is 1. The van der Waals surface area contributed by atoms with E-state index in [9.17, 15) is 13.2 Å². The molecule has 0 radical (unpaired) electrons. The average molecular weight is 416 g/mol. The van der Waals surface area contributed by atoms with Gasteiger partial charge in [0.2, 0.25) is 0 Å². The number of benzene rings is 2. The van der Waals surface area contributed by atoms with Crippen molar-refractivity contribution in [2.75, 3.05) is 18.1 Å². The minimum absolute atomic E-state index is 0.103. The summed E-state index contributed by atoms with van der Waals surface area (Å²) < 4.78 is 29.8. The number of carbonyl (C=O) groups is 1. The Balaban J connectivity index is 2.04. The van der Waals surface area contributed by atoms with Gasteiger partial charge in [0.25, 0.3) is 10.0 Å². The highest BCUT2D eigenvalue weighted by Crippen LogP contribution is 2.15. The smallest absolute Gasteiger partial charge is 0.414 e. The number of sulfonamides is 1. The Morgan fingerprint density at radius 2 is 1.83 bits per heavy atom. The summed E-state index contributed by atoms with van der Waals surface area (Å²) in [5.41, 5.74) is 2.17. The molecular formula is C21H25N3O4S. The first-order valence-electron chi connectivity index (χ1n) is 9.05. The monoisotopic (exact) mass is 415 g/mol. The lowest BCUT2D eigenvalue weighted by molar-refractivity contribution is 0.166. The lowest BCUT2D eigenvalue weighted by atomic mass is 10.2. The van der Waals surface area contributed by atoms with Crippen LogP contribution in [0.15, 0.2) is 77.2 Å². The Bertz CT molecular complexity index is 955. The number of hydrazone groups is 1. The van der Waals surface area contributed by atoms with Gasteiger partial charge in [-0.2, -0.15) is 13.5 Å². The van der Waals surface area contributed by atoms with Gasteiger partial charge in [-0.1, -0.05) is 48.6 Å². The summed E-state index contributed by atoms with van der Waals surface area (Å²) >= 11 is 0. The number of ether oxygens (including phenoxy) is 1. The van der Waals surface area contributed by atoms with E-state index >= 15 is 0 Å². The summed E-state index contributed by atoms with van der Waals surface area (Å²) in [6.07, 6.45) is 1.34. The quantitative estimate of drug-likeness (QED) is 0.383. The van der Waals surface area contributed by atoms with Gasteiger partial charge in [0.1, 0.15) is 6.61 Å². The SMILES string of the molecule is C=CCOC(=O)N(CC/C(C)=N/NS(=O)(=O)c1ccc(C)cc1)c1ccccc1. The maximum absolute atomic E-state index is 12.3. The van der Waals surface area contributed by atoms with Crippen molar-refractivity contribution in [1.29, 1.82) is 0 Å². The molecule has 0 saturated heterocycles. The summed E-state index contributed by atoms with van der Waals surface area (Å²) in [7, 11) is -3.74. The van der Waals surface area contributed by atoms with Crippen LogP contribution in [-0.4, -0.2) is 33.4 Å². The van der Waals surface area contributed by atoms with Crippen molar-refractivity contribution >= 4 is 27.5 Å². The summed E-state index contributed by atoms with van der Waals surface area (Å²) in [4.78, 5) is 16.2. The van der Waals surface area contributed by atoms with Crippen LogP contribution in [0.1, 0.15) is 18.9 Å². The van der Waals surface area contributed by atoms with Gasteiger partial charge in [-0.25, -0.2) is 9.63 Å². The van der Waals surface area contributed by atoms with Gasteiger partial charge >= 0.3 is 6.09 Å². The molecule has 2 aromatic rings. The van der Waals surface area contributed by atoms with Crippen molar-refractivity contribution in [3.8, 4) is 0 Å². The fourth-order valence-corrected chi connectivity index (χ4v) is 3.26. The molecule has 0 unspecified atom stereocenters. The van der Waals surface area contributed by atoms with Crippen LogP contribution in [0.5, 0.6) is 0 Å². The molecule has 0 aliphatic heterocycles. The van der Waals surface area contributed by atoms with Crippen molar-refractivity contribution in [3.05, 3.63) is 72.8 Å². The second-order valence-corrected chi connectivity index (χ2v) is 8.02. The van der Waals surface area contributed by atoms with Crippen molar-refractivity contribution in [3.63, 3.8) is 0 Å². The lowest BCUT2D eigenvalue weighted by Crippen LogP contribution is -2.33. The van der Waals surface area contributed by atoms with Crippen molar-refractivity contribution in [1.82, 2.24) is 4.83 Å². The maximum Gasteiger partial charge on any atom is 0.414 e. The van der Waals surface area contributed by atoms with Gasteiger partial charge in [0.05, 0.1) is 4.90 Å². The first-order chi connectivity index (χ1) is 13.8. The molecule has 0 aliphatic carbocycles. The first kappa shape index (κ1) is 22.2. The minimum atomic E-state index is -3.74. The standard InChI is InChI=1S/C21H25N3O4S/c1-4-16-28-21(25)24(19-8-6-5-7-9-19)15-14-18(3)22-23-29(26,27)20-12-10-17(2)11-13-20/h4-13,23H,1,14-16H2,2-3H3/b22-18+. The van der Waals surface area contributed by atoms with Gasteiger partial charge in [-0.3, -0.25) is 4.90 Å². The predicted molar refractivity (Wildman–Crippen MR) is 115 cm³/mol. The second kappa shape index (κ2) is 10.4. The lowest BCUT2D eigenvalue weighted by Gasteiger charge is -2.22. The van der Waals surface area contributed by atoms with Crippen molar-refractivity contribution in [2.45, 2.75) is 25.2 Å². The Hall–Kier alpha value is -3.13. The molecule has 0 heterocycles. The Morgan fingerprint density at radius 1 is 1.17 bits per heavy atom. The van der Waals surface area contributed by atoms with Crippen LogP contribution in [0, 0.1) is 6.92 Å². The number of anilines is 1. The molecule has 2 aromatic carbocycles. The molecule has 2 rings (SSSR count). The number of rotatable bonds is 9. The van der Waals surface area contributed by atoms with E-state index in [1.807, 2.05) is 25.1 Å². The van der Waals surface area contributed by atoms with Crippen LogP contribution >= 0.6 is 0 Å². The fourth-order valence-electron chi connectivity index (χ4n) is 2.38. The van der Waals surface area contributed by atoms with Crippen LogP contribution in [0.2, 0.25) is 0 Å². The maximum atomic E-state index is 12.3. The second-order valence-electron chi connectivity index (χ2n) is 6.36. The van der Waals surface area contributed by atoms with Crippen LogP contribution < -0.4 is 9.73 Å². The molecule has 1 N–H and O–H groups in total. The molecular weight excluding hydrogens is 390 g/mol. The topological polar surface area (TPSA) is 88.1 Å². The number of aryl methyl sites for hydroxylation is 1. The van der Waals surface area contributed by atoms with Crippen LogP contribution in [-0.2, 0) is 14.8 Å². The highest BCUT2D eigenvalue weighted by molar-refractivity contribution is 7.89. The highest BCUT2D eigenvalue weighted by Gasteiger charge is 2.17. The van der Waals surface area contributed by atoms with Gasteiger partial charge in [-0.15, -0.1) is 0 Å². The molecule has 29 heavy (non-hydrogen) atoms. The van der Waals surface area contributed by atoms with Gasteiger partial charge in [-0.05, 0) is 38.1 Å². The molecule has 0 atom stereocenters. The number of nitrogens with zero attached hydrogens (tertiary/aromatic N) is 2. The molecule has 0 bridgehead atoms. The Morgan fingerprint density at radius 3 is 2.45 bits per heavy atom. The van der Waals surface area contributed by atoms with E-state index in [4.69, 9.17) is 4.74 Å². The molecule has 0 fully saturated rings. The Labute approximate surface area is 171 Å². The van der Waals surface area contributed by atoms with Gasteiger partial charge < -0.3 is 4.74 Å². The summed E-state index contributed by atoms with van der Waals surface area (Å²) in [5.74, 6) is 0. The van der Waals surface area contributed by atoms with E-state index < -0.39 is 16.1 Å². The molecule has 0 saturated carbocycles. The Kier molecular flexibility index (Phi) is 7.97. The van der Waals surface area contributed by atoms with E-state index in [2.05, 4.69) is 16.5 Å². The number of amides is 1. The molecule has 0 spiro atoms. The molecule has 7 nitrogen and oxygen atoms in total. The zero-order valence-electron chi connectivity index (χ0n) is 16.5. The van der Waals surface area contributed by atoms with E-state index in [0.717, 1.165) is 5.56 Å². The van der Waals surface area contributed by atoms with Gasteiger partial charge in [0.15, 0.2) is 0 Å². The number of nitrogens with one attached hydrogen (secondary N) is 1. The first-order valence-corrected chi connectivity index (χ1v) is 10.5. The largest absolute Gasteiger partial charge is 0.445 e. The fraction of sp³-hybridized carbons (Fsp3) is 0.238. The van der Waals surface area contributed by atoms with Gasteiger partial charge in [0, 0.05) is 24.4 Å². The number of para-hydroxylation sites is 1. The molecule has 0 aliphatic rings. The third-order valence-corrected chi connectivity index (χ3v) is 5.22. The third-order valence-electron chi connectivity index (χ3n) is 4.00. The van der Waals surface area contributed by atoms with E-state index in [1.165, 1.54) is 23.1 Å². The molecule has 0 aromatic heterocycles. The van der Waals surface area contributed by atoms with Crippen LogP contribution in [0.3, 0.4) is 0 Å². The van der Waals surface area contributed by atoms with E-state index in [0.29, 0.717) is 17.8 Å². The summed E-state index contributed by atoms with van der Waals surface area (Å²) in [6, 6.07) is 15.6. The van der Waals surface area contributed by atoms with E-state index in [-0.39, 0.29) is 18.0 Å². The average Bonchev–Trinajstić information content (AvgIpc) is 2.72. The number of carbonyl (C=O) groups excluding carboxylic acids is 1. The zero-order chi connectivity index (χ0) is 21.3. The summed E-state index contributed by atoms with van der Waals surface area (Å²) in [5, 5.41) is 3.97. The molecule has 8 heteroatoms. The van der Waals surface area contributed by atoms with Crippen molar-refractivity contribution in [2.24, 2.45) is 5.10 Å². The van der Waals surface area contributed by atoms with Crippen LogP contribution in [0.25, 0.3) is 0 Å². The summed E-state index contributed by atoms with van der Waals surface area (Å²) in [6.45, 7) is 7.49. The minimum Gasteiger partial charge on any atom is -0.445 e. The normalized spacial score (nSPS) is 11.6. The molecule has 154 valence electrons. The zero-order valence-corrected chi connectivity index (χ0v) is 17.4. The highest BCUT2D eigenvalue weighted by atomic mass is 32.2. The molecule has 1 amide bonds. The number of hydrogen-bond acceptors (Lipinski definition) is 5. The van der Waals surface area contributed by atoms with E-state index in [1.54, 1.807) is 31.2 Å². The van der Waals surface area contributed by atoms with Crippen LogP contribution in [0.4, 0.5) is 10.5 Å². The predicted octanol–water partition coefficient (Wildman–Crippen LogP) is 3.87. The third kappa shape index (κ3) is 6.76. The van der Waals surface area contributed by atoms with Crippen molar-refractivity contribution < 1.29 is 17.9 Å².